The van der Waals surface area contributed by atoms with Crippen LogP contribution in [0.4, 0.5) is 5.69 Å². The van der Waals surface area contributed by atoms with Crippen molar-refractivity contribution in [2.45, 2.75) is 20.8 Å². The van der Waals surface area contributed by atoms with Crippen molar-refractivity contribution in [3.05, 3.63) is 22.5 Å². The van der Waals surface area contributed by atoms with Gasteiger partial charge in [-0.25, -0.2) is 4.79 Å². The molecule has 0 aliphatic carbocycles. The molecule has 76 valence electrons. The fourth-order valence-electron chi connectivity index (χ4n) is 1.30. The topological polar surface area (TPSA) is 76.8 Å². The first kappa shape index (κ1) is 10.4. The first-order chi connectivity index (χ1) is 6.61. The highest BCUT2D eigenvalue weighted by molar-refractivity contribution is 5.91. The number of ether oxygens (including phenoxy) is 1. The Morgan fingerprint density at radius 1 is 1.57 bits per heavy atom. The van der Waals surface area contributed by atoms with E-state index in [1.165, 1.54) is 0 Å². The lowest BCUT2D eigenvalue weighted by molar-refractivity contribution is 0.0519. The second-order valence-corrected chi connectivity index (χ2v) is 2.92. The zero-order valence-corrected chi connectivity index (χ0v) is 8.42. The van der Waals surface area contributed by atoms with Gasteiger partial charge in [0.2, 0.25) is 0 Å². The number of carbonyl (C=O) groups excluding carboxylic acids is 1. The van der Waals surface area contributed by atoms with Crippen LogP contribution in [0.15, 0.2) is 5.11 Å². The molecule has 1 aromatic rings. The summed E-state index contributed by atoms with van der Waals surface area (Å²) in [5.41, 5.74) is 10.7. The summed E-state index contributed by atoms with van der Waals surface area (Å²) < 4.78 is 4.83. The molecule has 5 heteroatoms. The van der Waals surface area contributed by atoms with E-state index in [9.17, 15) is 4.79 Å². The molecule has 0 aromatic carbocycles. The van der Waals surface area contributed by atoms with Gasteiger partial charge in [-0.1, -0.05) is 0 Å². The predicted octanol–water partition coefficient (Wildman–Crippen LogP) is 2.46. The minimum Gasteiger partial charge on any atom is -0.706 e. The molecular formula is C9H12N3O2-. The zero-order chi connectivity index (χ0) is 10.7. The van der Waals surface area contributed by atoms with E-state index in [0.717, 1.165) is 0 Å². The second kappa shape index (κ2) is 4.04. The van der Waals surface area contributed by atoms with Crippen molar-refractivity contribution < 1.29 is 9.53 Å². The van der Waals surface area contributed by atoms with Gasteiger partial charge in [0.25, 0.3) is 0 Å². The molecule has 1 heterocycles. The minimum absolute atomic E-state index is 0.321. The van der Waals surface area contributed by atoms with Crippen molar-refractivity contribution in [3.8, 4) is 0 Å². The van der Waals surface area contributed by atoms with E-state index in [4.69, 9.17) is 10.3 Å². The molecule has 0 saturated carbocycles. The van der Waals surface area contributed by atoms with Gasteiger partial charge in [-0.3, -0.25) is 0 Å². The molecule has 0 aliphatic heterocycles. The van der Waals surface area contributed by atoms with E-state index >= 15 is 0 Å². The van der Waals surface area contributed by atoms with Crippen molar-refractivity contribution in [1.29, 1.82) is 0 Å². The number of esters is 1. The van der Waals surface area contributed by atoms with E-state index in [0.29, 0.717) is 29.2 Å². The molecule has 1 aromatic heterocycles. The van der Waals surface area contributed by atoms with Crippen LogP contribution in [0.25, 0.3) is 5.53 Å². The van der Waals surface area contributed by atoms with Crippen LogP contribution < -0.4 is 0 Å². The molecule has 0 spiro atoms. The number of aromatic amines is 1. The van der Waals surface area contributed by atoms with Crippen molar-refractivity contribution in [2.75, 3.05) is 6.61 Å². The van der Waals surface area contributed by atoms with Crippen LogP contribution in [-0.4, -0.2) is 17.6 Å². The van der Waals surface area contributed by atoms with Gasteiger partial charge in [0.05, 0.1) is 12.3 Å². The van der Waals surface area contributed by atoms with Crippen molar-refractivity contribution in [2.24, 2.45) is 5.11 Å². The molecule has 14 heavy (non-hydrogen) atoms. The Morgan fingerprint density at radius 3 is 2.64 bits per heavy atom. The van der Waals surface area contributed by atoms with Crippen LogP contribution in [0.2, 0.25) is 0 Å². The molecule has 0 aliphatic rings. The van der Waals surface area contributed by atoms with Gasteiger partial charge >= 0.3 is 5.97 Å². The number of hydrogen-bond acceptors (Lipinski definition) is 3. The molecule has 0 radical (unpaired) electrons. The molecule has 0 atom stereocenters. The molecule has 0 fully saturated rings. The maximum atomic E-state index is 11.4. The van der Waals surface area contributed by atoms with E-state index in [1.54, 1.807) is 20.8 Å². The van der Waals surface area contributed by atoms with Crippen molar-refractivity contribution in [1.82, 2.24) is 4.98 Å². The quantitative estimate of drug-likeness (QED) is 0.592. The van der Waals surface area contributed by atoms with Crippen molar-refractivity contribution in [3.63, 3.8) is 0 Å². The summed E-state index contributed by atoms with van der Waals surface area (Å²) in [4.78, 5) is 14.2. The van der Waals surface area contributed by atoms with Crippen LogP contribution in [-0.2, 0) is 4.74 Å². The maximum absolute atomic E-state index is 11.4. The Bertz CT molecular complexity index is 368. The molecule has 5 nitrogen and oxygen atoms in total. The van der Waals surface area contributed by atoms with Gasteiger partial charge < -0.3 is 20.4 Å². The van der Waals surface area contributed by atoms with Crippen LogP contribution in [0, 0.1) is 13.8 Å². The number of aromatic nitrogens is 1. The summed E-state index contributed by atoms with van der Waals surface area (Å²) in [6.07, 6.45) is 0. The number of carbonyl (C=O) groups is 1. The monoisotopic (exact) mass is 194 g/mol. The summed E-state index contributed by atoms with van der Waals surface area (Å²) in [7, 11) is 0. The third-order valence-electron chi connectivity index (χ3n) is 1.98. The SMILES string of the molecule is CCOC(=O)c1[nH]c(C)c(N=[N-])c1C. The van der Waals surface area contributed by atoms with Gasteiger partial charge in [-0.2, -0.15) is 0 Å². The molecular weight excluding hydrogens is 182 g/mol. The molecule has 1 rings (SSSR count). The molecule has 1 N–H and O–H groups in total. The van der Waals surface area contributed by atoms with Gasteiger partial charge in [0.1, 0.15) is 5.69 Å². The van der Waals surface area contributed by atoms with Gasteiger partial charge in [-0.15, -0.1) is 0 Å². The Labute approximate surface area is 82.0 Å². The molecule has 0 saturated heterocycles. The second-order valence-electron chi connectivity index (χ2n) is 2.92. The smallest absolute Gasteiger partial charge is 0.355 e. The molecule has 0 amide bonds. The third-order valence-corrected chi connectivity index (χ3v) is 1.98. The number of hydrogen-bond donors (Lipinski definition) is 1. The predicted molar refractivity (Wildman–Crippen MR) is 51.7 cm³/mol. The van der Waals surface area contributed by atoms with E-state index < -0.39 is 5.97 Å². The lowest BCUT2D eigenvalue weighted by atomic mass is 10.2. The lowest BCUT2D eigenvalue weighted by Gasteiger charge is -2.00. The van der Waals surface area contributed by atoms with Crippen LogP contribution >= 0.6 is 0 Å². The standard InChI is InChI=1S/C9H12N3O2/c1-4-14-9(13)8-5(2)7(12-10)6(3)11-8/h11H,4H2,1-3H3/q-1. The van der Waals surface area contributed by atoms with Gasteiger partial charge in [-0.05, 0) is 20.8 Å². The molecule has 0 bridgehead atoms. The third kappa shape index (κ3) is 1.66. The summed E-state index contributed by atoms with van der Waals surface area (Å²) in [5.74, 6) is -0.428. The number of rotatable bonds is 3. The minimum atomic E-state index is -0.428. The van der Waals surface area contributed by atoms with Crippen LogP contribution in [0.1, 0.15) is 28.7 Å². The van der Waals surface area contributed by atoms with Gasteiger partial charge in [0.15, 0.2) is 0 Å². The van der Waals surface area contributed by atoms with E-state index in [1.807, 2.05) is 0 Å². The number of aryl methyl sites for hydroxylation is 1. The van der Waals surface area contributed by atoms with Crippen molar-refractivity contribution >= 4 is 11.7 Å². The molecule has 0 unspecified atom stereocenters. The van der Waals surface area contributed by atoms with Crippen LogP contribution in [0.3, 0.4) is 0 Å². The summed E-state index contributed by atoms with van der Waals surface area (Å²) >= 11 is 0. The lowest BCUT2D eigenvalue weighted by Crippen LogP contribution is -2.06. The summed E-state index contributed by atoms with van der Waals surface area (Å²) in [6.45, 7) is 5.48. The number of nitrogens with zero attached hydrogens (tertiary/aromatic N) is 2. The Hall–Kier alpha value is -1.65. The van der Waals surface area contributed by atoms with E-state index in [-0.39, 0.29) is 0 Å². The average Bonchev–Trinajstić information content (AvgIpc) is 2.42. The number of H-pyrrole nitrogens is 1. The summed E-state index contributed by atoms with van der Waals surface area (Å²) in [6, 6.07) is 0. The maximum Gasteiger partial charge on any atom is 0.355 e. The first-order valence-corrected chi connectivity index (χ1v) is 4.33. The zero-order valence-electron chi connectivity index (χ0n) is 8.42. The van der Waals surface area contributed by atoms with Crippen LogP contribution in [0.5, 0.6) is 0 Å². The Morgan fingerprint density at radius 2 is 2.21 bits per heavy atom. The first-order valence-electron chi connectivity index (χ1n) is 4.33. The highest BCUT2D eigenvalue weighted by Gasteiger charge is 2.16. The highest BCUT2D eigenvalue weighted by atomic mass is 16.5. The largest absolute Gasteiger partial charge is 0.706 e. The Balaban J connectivity index is 3.10. The summed E-state index contributed by atoms with van der Waals surface area (Å²) in [5, 5.41) is 3.09. The normalized spacial score (nSPS) is 9.93. The Kier molecular flexibility index (Phi) is 3.01. The fourth-order valence-corrected chi connectivity index (χ4v) is 1.30. The van der Waals surface area contributed by atoms with Gasteiger partial charge in [0, 0.05) is 11.3 Å². The fraction of sp³-hybridized carbons (Fsp3) is 0.444. The van der Waals surface area contributed by atoms with E-state index in [2.05, 4.69) is 10.1 Å². The average molecular weight is 194 g/mol. The number of nitrogens with one attached hydrogen (secondary N) is 1. The highest BCUT2D eigenvalue weighted by Crippen LogP contribution is 2.26.